The first-order valence-corrected chi connectivity index (χ1v) is 9.85. The van der Waals surface area contributed by atoms with Crippen molar-refractivity contribution in [3.63, 3.8) is 0 Å². The molecule has 1 aromatic carbocycles. The average molecular weight is 327 g/mol. The molecule has 0 spiro atoms. The Bertz CT molecular complexity index is 494. The molecule has 4 heteroatoms. The van der Waals surface area contributed by atoms with Gasteiger partial charge in [-0.05, 0) is 30.9 Å². The summed E-state index contributed by atoms with van der Waals surface area (Å²) in [6.45, 7) is 6.52. The zero-order chi connectivity index (χ0) is 16.4. The molecule has 0 saturated carbocycles. The molecule has 0 radical (unpaired) electrons. The van der Waals surface area contributed by atoms with Crippen LogP contribution in [-0.4, -0.2) is 14.5 Å². The van der Waals surface area contributed by atoms with Gasteiger partial charge >= 0.3 is 0 Å². The van der Waals surface area contributed by atoms with Gasteiger partial charge in [-0.3, -0.25) is 4.18 Å². The summed E-state index contributed by atoms with van der Waals surface area (Å²) in [7, 11) is -3.64. The molecule has 0 aromatic heterocycles. The second-order valence-corrected chi connectivity index (χ2v) is 7.88. The highest BCUT2D eigenvalue weighted by molar-refractivity contribution is 7.86. The predicted octanol–water partition coefficient (Wildman–Crippen LogP) is 5.17. The number of hydrogen-bond acceptors (Lipinski definition) is 3. The maximum atomic E-state index is 12.3. The van der Waals surface area contributed by atoms with E-state index in [1.807, 2.05) is 0 Å². The van der Waals surface area contributed by atoms with Crippen LogP contribution in [0, 0.1) is 5.92 Å². The normalized spacial score (nSPS) is 13.5. The van der Waals surface area contributed by atoms with Crippen LogP contribution in [0.4, 0.5) is 0 Å². The van der Waals surface area contributed by atoms with Crippen LogP contribution in [0.25, 0.3) is 0 Å². The van der Waals surface area contributed by atoms with Crippen molar-refractivity contribution in [2.24, 2.45) is 5.92 Å². The van der Waals surface area contributed by atoms with Gasteiger partial charge in [-0.1, -0.05) is 71.1 Å². The lowest BCUT2D eigenvalue weighted by molar-refractivity contribution is 0.183. The summed E-state index contributed by atoms with van der Waals surface area (Å²) < 4.78 is 30.0. The molecule has 1 atom stereocenters. The third-order valence-electron chi connectivity index (χ3n) is 3.71. The molecule has 126 valence electrons. The van der Waals surface area contributed by atoms with Crippen molar-refractivity contribution in [1.82, 2.24) is 0 Å². The summed E-state index contributed by atoms with van der Waals surface area (Å²) in [6, 6.07) is 8.41. The lowest BCUT2D eigenvalue weighted by Gasteiger charge is -2.17. The van der Waals surface area contributed by atoms with Gasteiger partial charge in [0.1, 0.15) is 0 Å². The molecular formula is C18H30O3S. The van der Waals surface area contributed by atoms with Crippen molar-refractivity contribution in [3.05, 3.63) is 30.3 Å². The zero-order valence-electron chi connectivity index (χ0n) is 14.1. The Morgan fingerprint density at radius 3 is 2.18 bits per heavy atom. The van der Waals surface area contributed by atoms with E-state index in [4.69, 9.17) is 4.18 Å². The second-order valence-electron chi connectivity index (χ2n) is 6.31. The summed E-state index contributed by atoms with van der Waals surface area (Å²) >= 11 is 0. The van der Waals surface area contributed by atoms with Gasteiger partial charge in [0.05, 0.1) is 11.0 Å². The molecule has 0 aliphatic rings. The Balaban J connectivity index is 2.49. The van der Waals surface area contributed by atoms with E-state index in [-0.39, 0.29) is 11.0 Å². The summed E-state index contributed by atoms with van der Waals surface area (Å²) in [5.41, 5.74) is 0. The summed E-state index contributed by atoms with van der Waals surface area (Å²) in [6.07, 6.45) is 6.96. The van der Waals surface area contributed by atoms with Crippen LogP contribution in [0.1, 0.15) is 65.7 Å². The highest BCUT2D eigenvalue weighted by Crippen LogP contribution is 2.20. The van der Waals surface area contributed by atoms with Gasteiger partial charge in [-0.15, -0.1) is 0 Å². The molecule has 0 saturated heterocycles. The van der Waals surface area contributed by atoms with Crippen molar-refractivity contribution in [2.45, 2.75) is 76.7 Å². The molecule has 0 N–H and O–H groups in total. The molecule has 0 amide bonds. The third kappa shape index (κ3) is 7.41. The van der Waals surface area contributed by atoms with Crippen molar-refractivity contribution in [2.75, 3.05) is 0 Å². The first-order chi connectivity index (χ1) is 10.5. The van der Waals surface area contributed by atoms with Crippen molar-refractivity contribution >= 4 is 10.1 Å². The van der Waals surface area contributed by atoms with Crippen LogP contribution in [0.2, 0.25) is 0 Å². The van der Waals surface area contributed by atoms with Crippen molar-refractivity contribution < 1.29 is 12.6 Å². The molecule has 0 aliphatic heterocycles. The van der Waals surface area contributed by atoms with Gasteiger partial charge in [0.15, 0.2) is 0 Å². The van der Waals surface area contributed by atoms with Crippen molar-refractivity contribution in [3.8, 4) is 0 Å². The molecule has 1 rings (SSSR count). The van der Waals surface area contributed by atoms with E-state index in [1.165, 1.54) is 12.8 Å². The quantitative estimate of drug-likeness (QED) is 0.416. The number of hydrogen-bond donors (Lipinski definition) is 0. The minimum Gasteiger partial charge on any atom is -0.263 e. The van der Waals surface area contributed by atoms with E-state index in [9.17, 15) is 8.42 Å². The van der Waals surface area contributed by atoms with Gasteiger partial charge in [0.25, 0.3) is 10.1 Å². The number of rotatable bonds is 11. The molecule has 1 aromatic rings. The first kappa shape index (κ1) is 19.2. The maximum absolute atomic E-state index is 12.3. The van der Waals surface area contributed by atoms with E-state index in [1.54, 1.807) is 30.3 Å². The van der Waals surface area contributed by atoms with Gasteiger partial charge in [-0.25, -0.2) is 0 Å². The molecule has 1 unspecified atom stereocenters. The summed E-state index contributed by atoms with van der Waals surface area (Å²) in [4.78, 5) is 0.246. The number of benzene rings is 1. The predicted molar refractivity (Wildman–Crippen MR) is 91.3 cm³/mol. The molecule has 22 heavy (non-hydrogen) atoms. The van der Waals surface area contributed by atoms with E-state index < -0.39 is 10.1 Å². The van der Waals surface area contributed by atoms with Crippen LogP contribution < -0.4 is 0 Å². The molecule has 3 nitrogen and oxygen atoms in total. The van der Waals surface area contributed by atoms with Crippen molar-refractivity contribution in [1.29, 1.82) is 0 Å². The highest BCUT2D eigenvalue weighted by atomic mass is 32.2. The smallest absolute Gasteiger partial charge is 0.263 e. The fraction of sp³-hybridized carbons (Fsp3) is 0.667. The van der Waals surface area contributed by atoms with Gasteiger partial charge in [0.2, 0.25) is 0 Å². The Morgan fingerprint density at radius 2 is 1.59 bits per heavy atom. The monoisotopic (exact) mass is 326 g/mol. The fourth-order valence-corrected chi connectivity index (χ4v) is 3.64. The third-order valence-corrected chi connectivity index (χ3v) is 5.09. The minimum atomic E-state index is -3.64. The van der Waals surface area contributed by atoms with Crippen LogP contribution in [0.5, 0.6) is 0 Å². The van der Waals surface area contributed by atoms with E-state index in [2.05, 4.69) is 20.8 Å². The summed E-state index contributed by atoms with van der Waals surface area (Å²) in [5, 5.41) is 0. The minimum absolute atomic E-state index is 0.200. The SMILES string of the molecule is CCCC(CCCCCC(C)C)OS(=O)(=O)c1ccccc1. The molecule has 0 fully saturated rings. The topological polar surface area (TPSA) is 43.4 Å². The lowest BCUT2D eigenvalue weighted by Crippen LogP contribution is -2.18. The van der Waals surface area contributed by atoms with Crippen LogP contribution in [0.15, 0.2) is 35.2 Å². The molecule has 0 heterocycles. The fourth-order valence-electron chi connectivity index (χ4n) is 2.49. The summed E-state index contributed by atoms with van der Waals surface area (Å²) in [5.74, 6) is 0.737. The van der Waals surface area contributed by atoms with E-state index >= 15 is 0 Å². The van der Waals surface area contributed by atoms with E-state index in [0.717, 1.165) is 38.0 Å². The maximum Gasteiger partial charge on any atom is 0.297 e. The Kier molecular flexibility index (Phi) is 8.72. The Morgan fingerprint density at radius 1 is 0.955 bits per heavy atom. The largest absolute Gasteiger partial charge is 0.297 e. The molecule has 0 bridgehead atoms. The van der Waals surface area contributed by atoms with Gasteiger partial charge < -0.3 is 0 Å². The first-order valence-electron chi connectivity index (χ1n) is 8.44. The number of unbranched alkanes of at least 4 members (excludes halogenated alkanes) is 2. The molecular weight excluding hydrogens is 296 g/mol. The van der Waals surface area contributed by atoms with Gasteiger partial charge in [0, 0.05) is 0 Å². The van der Waals surface area contributed by atoms with Gasteiger partial charge in [-0.2, -0.15) is 8.42 Å². The average Bonchev–Trinajstić information content (AvgIpc) is 2.47. The van der Waals surface area contributed by atoms with E-state index in [0.29, 0.717) is 0 Å². The second kappa shape index (κ2) is 10.0. The Hall–Kier alpha value is -0.870. The lowest BCUT2D eigenvalue weighted by atomic mass is 10.0. The molecule has 0 aliphatic carbocycles. The van der Waals surface area contributed by atoms with Crippen LogP contribution in [-0.2, 0) is 14.3 Å². The van der Waals surface area contributed by atoms with Crippen LogP contribution in [0.3, 0.4) is 0 Å². The van der Waals surface area contributed by atoms with Crippen LogP contribution >= 0.6 is 0 Å². The standard InChI is InChI=1S/C18H30O3S/c1-4-11-17(13-8-5-7-12-16(2)3)21-22(19,20)18-14-9-6-10-15-18/h6,9-10,14-17H,4-5,7-8,11-13H2,1-3H3. The Labute approximate surface area is 136 Å². The highest BCUT2D eigenvalue weighted by Gasteiger charge is 2.20. The zero-order valence-corrected chi connectivity index (χ0v) is 14.9.